The first-order valence-corrected chi connectivity index (χ1v) is 8.69. The molecule has 2 aliphatic rings. The van der Waals surface area contributed by atoms with Crippen LogP contribution in [-0.4, -0.2) is 36.1 Å². The third kappa shape index (κ3) is 4.75. The van der Waals surface area contributed by atoms with Crippen LogP contribution in [0.3, 0.4) is 0 Å². The van der Waals surface area contributed by atoms with Gasteiger partial charge >= 0.3 is 0 Å². The maximum absolute atomic E-state index is 3.98. The van der Waals surface area contributed by atoms with Gasteiger partial charge in [-0.1, -0.05) is 26.2 Å². The standard InChI is InChI=1S/C17H34N2/c1-4-15-6-5-7-16(9-8-15)18-17-10-12-19(13-11-17)14(2)3/h14-18H,4-13H2,1-3H3. The maximum atomic E-state index is 3.98. The average Bonchev–Trinajstić information content (AvgIpc) is 2.64. The zero-order valence-corrected chi connectivity index (χ0v) is 13.3. The number of likely N-dealkylation sites (tertiary alicyclic amines) is 1. The number of nitrogens with zero attached hydrogens (tertiary/aromatic N) is 1. The van der Waals surface area contributed by atoms with E-state index in [4.69, 9.17) is 0 Å². The minimum absolute atomic E-state index is 0.726. The quantitative estimate of drug-likeness (QED) is 0.779. The summed E-state index contributed by atoms with van der Waals surface area (Å²) >= 11 is 0. The van der Waals surface area contributed by atoms with Crippen molar-refractivity contribution in [2.24, 2.45) is 5.92 Å². The van der Waals surface area contributed by atoms with Crippen LogP contribution in [0.1, 0.15) is 72.1 Å². The van der Waals surface area contributed by atoms with E-state index < -0.39 is 0 Å². The van der Waals surface area contributed by atoms with Crippen LogP contribution in [0.15, 0.2) is 0 Å². The lowest BCUT2D eigenvalue weighted by Gasteiger charge is -2.36. The summed E-state index contributed by atoms with van der Waals surface area (Å²) in [7, 11) is 0. The lowest BCUT2D eigenvalue weighted by Crippen LogP contribution is -2.47. The molecule has 2 nitrogen and oxygen atoms in total. The first-order chi connectivity index (χ1) is 9.19. The van der Waals surface area contributed by atoms with Crippen LogP contribution in [0.4, 0.5) is 0 Å². The Bertz CT molecular complexity index is 244. The molecule has 1 saturated carbocycles. The van der Waals surface area contributed by atoms with Crippen molar-refractivity contribution in [3.63, 3.8) is 0 Å². The molecule has 1 aliphatic heterocycles. The SMILES string of the molecule is CCC1CCCC(NC2CCN(C(C)C)CC2)CC1. The Kier molecular flexibility index (Phi) is 6.15. The predicted molar refractivity (Wildman–Crippen MR) is 83.5 cm³/mol. The fourth-order valence-electron chi connectivity index (χ4n) is 3.87. The van der Waals surface area contributed by atoms with Crippen molar-refractivity contribution in [3.8, 4) is 0 Å². The van der Waals surface area contributed by atoms with Gasteiger partial charge in [0.25, 0.3) is 0 Å². The highest BCUT2D eigenvalue weighted by molar-refractivity contribution is 4.83. The molecule has 112 valence electrons. The number of piperidine rings is 1. The van der Waals surface area contributed by atoms with Gasteiger partial charge in [-0.3, -0.25) is 0 Å². The summed E-state index contributed by atoms with van der Waals surface area (Å²) in [6, 6.07) is 2.33. The van der Waals surface area contributed by atoms with Crippen LogP contribution >= 0.6 is 0 Å². The summed E-state index contributed by atoms with van der Waals surface area (Å²) in [4.78, 5) is 2.62. The van der Waals surface area contributed by atoms with E-state index >= 15 is 0 Å². The van der Waals surface area contributed by atoms with Crippen molar-refractivity contribution in [1.82, 2.24) is 10.2 Å². The second kappa shape index (κ2) is 7.64. The lowest BCUT2D eigenvalue weighted by atomic mass is 9.97. The van der Waals surface area contributed by atoms with E-state index in [9.17, 15) is 0 Å². The molecule has 2 heteroatoms. The molecule has 2 atom stereocenters. The molecule has 0 bridgehead atoms. The van der Waals surface area contributed by atoms with E-state index in [1.54, 1.807) is 0 Å². The predicted octanol–water partition coefficient (Wildman–Crippen LogP) is 3.81. The molecule has 0 radical (unpaired) electrons. The molecular weight excluding hydrogens is 232 g/mol. The Labute approximate surface area is 120 Å². The highest BCUT2D eigenvalue weighted by Crippen LogP contribution is 2.26. The van der Waals surface area contributed by atoms with Crippen molar-refractivity contribution in [2.45, 2.75) is 90.3 Å². The van der Waals surface area contributed by atoms with Gasteiger partial charge in [0.1, 0.15) is 0 Å². The molecule has 0 amide bonds. The van der Waals surface area contributed by atoms with Gasteiger partial charge in [-0.25, -0.2) is 0 Å². The molecule has 1 saturated heterocycles. The van der Waals surface area contributed by atoms with Gasteiger partial charge in [0.2, 0.25) is 0 Å². The summed E-state index contributed by atoms with van der Waals surface area (Å²) in [5.41, 5.74) is 0. The molecule has 2 unspecified atom stereocenters. The fourth-order valence-corrected chi connectivity index (χ4v) is 3.87. The Morgan fingerprint density at radius 2 is 1.63 bits per heavy atom. The van der Waals surface area contributed by atoms with Gasteiger partial charge in [-0.05, 0) is 65.0 Å². The summed E-state index contributed by atoms with van der Waals surface area (Å²) in [5, 5.41) is 3.98. The normalized spacial score (nSPS) is 31.6. The van der Waals surface area contributed by atoms with Crippen LogP contribution in [0.25, 0.3) is 0 Å². The minimum Gasteiger partial charge on any atom is -0.311 e. The first-order valence-electron chi connectivity index (χ1n) is 8.69. The van der Waals surface area contributed by atoms with Gasteiger partial charge < -0.3 is 10.2 Å². The van der Waals surface area contributed by atoms with Crippen molar-refractivity contribution < 1.29 is 0 Å². The fraction of sp³-hybridized carbons (Fsp3) is 1.00. The zero-order chi connectivity index (χ0) is 13.7. The number of rotatable bonds is 4. The second-order valence-electron chi connectivity index (χ2n) is 7.05. The van der Waals surface area contributed by atoms with E-state index in [2.05, 4.69) is 31.0 Å². The molecule has 1 aliphatic carbocycles. The Morgan fingerprint density at radius 1 is 0.947 bits per heavy atom. The number of nitrogens with one attached hydrogen (secondary N) is 1. The summed E-state index contributed by atoms with van der Waals surface area (Å²) in [5.74, 6) is 1.01. The van der Waals surface area contributed by atoms with E-state index in [1.807, 2.05) is 0 Å². The van der Waals surface area contributed by atoms with Crippen LogP contribution in [0.5, 0.6) is 0 Å². The number of hydrogen-bond acceptors (Lipinski definition) is 2. The molecule has 0 aromatic carbocycles. The molecule has 0 aromatic heterocycles. The minimum atomic E-state index is 0.726. The monoisotopic (exact) mass is 266 g/mol. The topological polar surface area (TPSA) is 15.3 Å². The van der Waals surface area contributed by atoms with E-state index in [-0.39, 0.29) is 0 Å². The first kappa shape index (κ1) is 15.3. The Balaban J connectivity index is 1.70. The van der Waals surface area contributed by atoms with Crippen LogP contribution in [-0.2, 0) is 0 Å². The van der Waals surface area contributed by atoms with Gasteiger partial charge in [-0.15, -0.1) is 0 Å². The maximum Gasteiger partial charge on any atom is 0.00940 e. The molecule has 0 aromatic rings. The Hall–Kier alpha value is -0.0800. The van der Waals surface area contributed by atoms with E-state index in [1.165, 1.54) is 64.5 Å². The third-order valence-corrected chi connectivity index (χ3v) is 5.40. The largest absolute Gasteiger partial charge is 0.311 e. The highest BCUT2D eigenvalue weighted by Gasteiger charge is 2.24. The summed E-state index contributed by atoms with van der Waals surface area (Å²) in [6.45, 7) is 9.59. The summed E-state index contributed by atoms with van der Waals surface area (Å²) in [6.07, 6.45) is 11.3. The van der Waals surface area contributed by atoms with Crippen LogP contribution < -0.4 is 5.32 Å². The van der Waals surface area contributed by atoms with Crippen LogP contribution in [0.2, 0.25) is 0 Å². The van der Waals surface area contributed by atoms with Gasteiger partial charge in [-0.2, -0.15) is 0 Å². The number of hydrogen-bond donors (Lipinski definition) is 1. The van der Waals surface area contributed by atoms with Gasteiger partial charge in [0, 0.05) is 18.1 Å². The molecule has 19 heavy (non-hydrogen) atoms. The molecule has 2 rings (SSSR count). The molecular formula is C17H34N2. The summed E-state index contributed by atoms with van der Waals surface area (Å²) < 4.78 is 0. The zero-order valence-electron chi connectivity index (χ0n) is 13.3. The smallest absolute Gasteiger partial charge is 0.00940 e. The molecule has 2 fully saturated rings. The average molecular weight is 266 g/mol. The highest BCUT2D eigenvalue weighted by atomic mass is 15.2. The Morgan fingerprint density at radius 3 is 2.26 bits per heavy atom. The van der Waals surface area contributed by atoms with Crippen molar-refractivity contribution in [3.05, 3.63) is 0 Å². The van der Waals surface area contributed by atoms with E-state index in [0.717, 1.165) is 24.0 Å². The van der Waals surface area contributed by atoms with Crippen molar-refractivity contribution >= 4 is 0 Å². The molecule has 1 N–H and O–H groups in total. The van der Waals surface area contributed by atoms with Crippen molar-refractivity contribution in [2.75, 3.05) is 13.1 Å². The van der Waals surface area contributed by atoms with Crippen molar-refractivity contribution in [1.29, 1.82) is 0 Å². The lowest BCUT2D eigenvalue weighted by molar-refractivity contribution is 0.154. The second-order valence-corrected chi connectivity index (χ2v) is 7.05. The van der Waals surface area contributed by atoms with E-state index in [0.29, 0.717) is 0 Å². The van der Waals surface area contributed by atoms with Gasteiger partial charge in [0.05, 0.1) is 0 Å². The molecule has 0 spiro atoms. The molecule has 1 heterocycles. The van der Waals surface area contributed by atoms with Crippen LogP contribution in [0, 0.1) is 5.92 Å². The third-order valence-electron chi connectivity index (χ3n) is 5.40. The van der Waals surface area contributed by atoms with Gasteiger partial charge in [0.15, 0.2) is 0 Å².